The Labute approximate surface area is 63.2 Å². The summed E-state index contributed by atoms with van der Waals surface area (Å²) < 4.78 is 0. The first-order valence-corrected chi connectivity index (χ1v) is 3.67. The van der Waals surface area contributed by atoms with Crippen LogP contribution in [0.4, 0.5) is 0 Å². The highest BCUT2D eigenvalue weighted by molar-refractivity contribution is 5.73. The summed E-state index contributed by atoms with van der Waals surface area (Å²) in [5, 5.41) is 0. The molecule has 2 nitrogen and oxygen atoms in total. The van der Waals surface area contributed by atoms with Crippen molar-refractivity contribution in [1.29, 1.82) is 0 Å². The first-order chi connectivity index (χ1) is 4.39. The van der Waals surface area contributed by atoms with Gasteiger partial charge in [-0.15, -0.1) is 0 Å². The highest BCUT2D eigenvalue weighted by Gasteiger charge is 2.21. The highest BCUT2D eigenvalue weighted by Crippen LogP contribution is 2.11. The quantitative estimate of drug-likeness (QED) is 0.546. The largest absolute Gasteiger partial charge is 0.338 e. The van der Waals surface area contributed by atoms with Crippen LogP contribution in [0, 0.1) is 0 Å². The summed E-state index contributed by atoms with van der Waals surface area (Å²) in [7, 11) is 0. The Hall–Kier alpha value is -0.530. The summed E-state index contributed by atoms with van der Waals surface area (Å²) >= 11 is 0. The first-order valence-electron chi connectivity index (χ1n) is 3.67. The molecule has 0 atom stereocenters. The van der Waals surface area contributed by atoms with Crippen LogP contribution in [0.15, 0.2) is 0 Å². The molecule has 0 fully saturated rings. The van der Waals surface area contributed by atoms with Gasteiger partial charge in [0.15, 0.2) is 0 Å². The molecule has 0 aliphatic heterocycles. The van der Waals surface area contributed by atoms with E-state index in [9.17, 15) is 4.79 Å². The Balaban J connectivity index is 4.22. The number of hydrogen-bond acceptors (Lipinski definition) is 1. The molecule has 0 saturated carbocycles. The maximum Gasteiger partial charge on any atom is 0.219 e. The number of amides is 1. The molecule has 0 N–H and O–H groups in total. The Bertz CT molecular complexity index is 124. The summed E-state index contributed by atoms with van der Waals surface area (Å²) in [4.78, 5) is 12.8. The van der Waals surface area contributed by atoms with E-state index in [2.05, 4.69) is 0 Å². The molecular weight excluding hydrogens is 126 g/mol. The van der Waals surface area contributed by atoms with Crippen molar-refractivity contribution in [3.05, 3.63) is 0 Å². The second-order valence-corrected chi connectivity index (χ2v) is 3.43. The molecule has 0 aromatic rings. The van der Waals surface area contributed by atoms with Gasteiger partial charge in [-0.1, -0.05) is 0 Å². The van der Waals surface area contributed by atoms with Crippen molar-refractivity contribution >= 4 is 5.91 Å². The second kappa shape index (κ2) is 3.04. The van der Waals surface area contributed by atoms with Crippen molar-refractivity contribution in [2.24, 2.45) is 0 Å². The van der Waals surface area contributed by atoms with E-state index >= 15 is 0 Å². The first kappa shape index (κ1) is 9.47. The zero-order valence-corrected chi connectivity index (χ0v) is 7.56. The molecule has 0 aromatic carbocycles. The van der Waals surface area contributed by atoms with Crippen molar-refractivity contribution in [1.82, 2.24) is 4.90 Å². The smallest absolute Gasteiger partial charge is 0.219 e. The molecular formula is C8H17NO. The molecule has 0 unspecified atom stereocenters. The van der Waals surface area contributed by atoms with Crippen molar-refractivity contribution in [2.75, 3.05) is 6.54 Å². The summed E-state index contributed by atoms with van der Waals surface area (Å²) in [6.45, 7) is 10.5. The van der Waals surface area contributed by atoms with Crippen LogP contribution < -0.4 is 0 Å². The minimum atomic E-state index is -0.0272. The molecule has 1 amide bonds. The van der Waals surface area contributed by atoms with Gasteiger partial charge in [0.1, 0.15) is 0 Å². The third-order valence-electron chi connectivity index (χ3n) is 1.51. The van der Waals surface area contributed by atoms with Gasteiger partial charge < -0.3 is 4.90 Å². The van der Waals surface area contributed by atoms with Gasteiger partial charge in [0, 0.05) is 19.0 Å². The number of nitrogens with zero attached hydrogens (tertiary/aromatic N) is 1. The monoisotopic (exact) mass is 143 g/mol. The van der Waals surface area contributed by atoms with Crippen molar-refractivity contribution < 1.29 is 4.79 Å². The van der Waals surface area contributed by atoms with E-state index in [0.717, 1.165) is 6.54 Å². The van der Waals surface area contributed by atoms with Crippen LogP contribution in [0.1, 0.15) is 34.6 Å². The van der Waals surface area contributed by atoms with E-state index < -0.39 is 0 Å². The lowest BCUT2D eigenvalue weighted by Crippen LogP contribution is -2.44. The fraction of sp³-hybridized carbons (Fsp3) is 0.875. The zero-order chi connectivity index (χ0) is 8.36. The zero-order valence-electron chi connectivity index (χ0n) is 7.56. The lowest BCUT2D eigenvalue weighted by Gasteiger charge is -2.33. The SMILES string of the molecule is CCN(C(C)=O)C(C)(C)C. The van der Waals surface area contributed by atoms with Gasteiger partial charge in [0.2, 0.25) is 5.91 Å². The number of carbonyl (C=O) groups is 1. The van der Waals surface area contributed by atoms with Crippen LogP contribution >= 0.6 is 0 Å². The number of hydrogen-bond donors (Lipinski definition) is 0. The summed E-state index contributed by atoms with van der Waals surface area (Å²) in [6, 6.07) is 0. The van der Waals surface area contributed by atoms with Crippen LogP contribution in [-0.2, 0) is 4.79 Å². The molecule has 60 valence electrons. The van der Waals surface area contributed by atoms with Gasteiger partial charge in [0.05, 0.1) is 0 Å². The lowest BCUT2D eigenvalue weighted by molar-refractivity contribution is -0.133. The Morgan fingerprint density at radius 3 is 1.80 bits per heavy atom. The third-order valence-corrected chi connectivity index (χ3v) is 1.51. The molecule has 2 heteroatoms. The molecule has 0 rings (SSSR count). The molecule has 0 bridgehead atoms. The molecule has 0 spiro atoms. The van der Waals surface area contributed by atoms with E-state index in [-0.39, 0.29) is 11.4 Å². The number of rotatable bonds is 1. The van der Waals surface area contributed by atoms with Crippen molar-refractivity contribution in [3.63, 3.8) is 0 Å². The fourth-order valence-corrected chi connectivity index (χ4v) is 1.17. The maximum absolute atomic E-state index is 10.9. The van der Waals surface area contributed by atoms with Gasteiger partial charge in [-0.3, -0.25) is 4.79 Å². The Morgan fingerprint density at radius 2 is 1.80 bits per heavy atom. The van der Waals surface area contributed by atoms with E-state index in [1.165, 1.54) is 0 Å². The summed E-state index contributed by atoms with van der Waals surface area (Å²) in [6.07, 6.45) is 0. The third kappa shape index (κ3) is 2.38. The van der Waals surface area contributed by atoms with Crippen molar-refractivity contribution in [3.8, 4) is 0 Å². The molecule has 0 aliphatic rings. The fourth-order valence-electron chi connectivity index (χ4n) is 1.17. The standard InChI is InChI=1S/C8H17NO/c1-6-9(7(2)10)8(3,4)5/h6H2,1-5H3. The molecule has 0 aromatic heterocycles. The van der Waals surface area contributed by atoms with E-state index in [1.54, 1.807) is 6.92 Å². The Kier molecular flexibility index (Phi) is 2.88. The minimum Gasteiger partial charge on any atom is -0.338 e. The molecule has 0 heterocycles. The summed E-state index contributed by atoms with van der Waals surface area (Å²) in [5.41, 5.74) is -0.0272. The van der Waals surface area contributed by atoms with Gasteiger partial charge in [-0.05, 0) is 27.7 Å². The predicted molar refractivity (Wildman–Crippen MR) is 42.8 cm³/mol. The topological polar surface area (TPSA) is 20.3 Å². The van der Waals surface area contributed by atoms with Crippen LogP contribution in [0.3, 0.4) is 0 Å². The van der Waals surface area contributed by atoms with E-state index in [4.69, 9.17) is 0 Å². The van der Waals surface area contributed by atoms with Crippen molar-refractivity contribution in [2.45, 2.75) is 40.2 Å². The molecule has 10 heavy (non-hydrogen) atoms. The molecule has 0 radical (unpaired) electrons. The van der Waals surface area contributed by atoms with E-state index in [0.29, 0.717) is 0 Å². The number of carbonyl (C=O) groups excluding carboxylic acids is 1. The van der Waals surface area contributed by atoms with Gasteiger partial charge >= 0.3 is 0 Å². The van der Waals surface area contributed by atoms with Gasteiger partial charge in [-0.25, -0.2) is 0 Å². The molecule has 0 aliphatic carbocycles. The van der Waals surface area contributed by atoms with Crippen LogP contribution in [0.5, 0.6) is 0 Å². The molecule has 0 saturated heterocycles. The van der Waals surface area contributed by atoms with Gasteiger partial charge in [0.25, 0.3) is 0 Å². The Morgan fingerprint density at radius 1 is 1.40 bits per heavy atom. The highest BCUT2D eigenvalue weighted by atomic mass is 16.2. The lowest BCUT2D eigenvalue weighted by atomic mass is 10.1. The van der Waals surface area contributed by atoms with Crippen LogP contribution in [-0.4, -0.2) is 22.9 Å². The normalized spacial score (nSPS) is 11.3. The van der Waals surface area contributed by atoms with Crippen LogP contribution in [0.25, 0.3) is 0 Å². The van der Waals surface area contributed by atoms with Crippen LogP contribution in [0.2, 0.25) is 0 Å². The predicted octanol–water partition coefficient (Wildman–Crippen LogP) is 1.65. The van der Waals surface area contributed by atoms with E-state index in [1.807, 2.05) is 32.6 Å². The average Bonchev–Trinajstić information content (AvgIpc) is 1.60. The minimum absolute atomic E-state index is 0.0272. The maximum atomic E-state index is 10.9. The van der Waals surface area contributed by atoms with Gasteiger partial charge in [-0.2, -0.15) is 0 Å². The second-order valence-electron chi connectivity index (χ2n) is 3.43. The average molecular weight is 143 g/mol. The summed E-state index contributed by atoms with van der Waals surface area (Å²) in [5.74, 6) is 0.148.